The number of nitrogens with one attached hydrogen (secondary N) is 2. The SMILES string of the molecule is O=C(NC1CC1)c1ccc(-c2cnc3c(NC[C@@H](O)CO)nc4cc(F)c(F)cc4n23)cc1. The Bertz CT molecular complexity index is 1350. The monoisotopic (exact) mass is 453 g/mol. The molecule has 1 aliphatic rings. The van der Waals surface area contributed by atoms with Gasteiger partial charge in [0.2, 0.25) is 0 Å². The van der Waals surface area contributed by atoms with Gasteiger partial charge in [-0.15, -0.1) is 0 Å². The molecule has 2 aromatic heterocycles. The van der Waals surface area contributed by atoms with Gasteiger partial charge in [-0.3, -0.25) is 9.20 Å². The Morgan fingerprint density at radius 2 is 1.91 bits per heavy atom. The summed E-state index contributed by atoms with van der Waals surface area (Å²) >= 11 is 0. The van der Waals surface area contributed by atoms with Crippen molar-refractivity contribution in [2.24, 2.45) is 0 Å². The number of aliphatic hydroxyl groups is 2. The second-order valence-corrected chi connectivity index (χ2v) is 8.06. The molecular weight excluding hydrogens is 432 g/mol. The fraction of sp³-hybridized carbons (Fsp3) is 0.261. The second-order valence-electron chi connectivity index (χ2n) is 8.06. The summed E-state index contributed by atoms with van der Waals surface area (Å²) in [5, 5.41) is 24.6. The van der Waals surface area contributed by atoms with Crippen molar-refractivity contribution in [3.05, 3.63) is 59.8 Å². The van der Waals surface area contributed by atoms with Gasteiger partial charge in [-0.1, -0.05) is 12.1 Å². The van der Waals surface area contributed by atoms with Crippen molar-refractivity contribution in [1.82, 2.24) is 19.7 Å². The fourth-order valence-electron chi connectivity index (χ4n) is 3.62. The predicted molar refractivity (Wildman–Crippen MR) is 118 cm³/mol. The minimum atomic E-state index is -1.04. The van der Waals surface area contributed by atoms with Crippen LogP contribution in [-0.4, -0.2) is 55.8 Å². The molecule has 1 amide bonds. The van der Waals surface area contributed by atoms with E-state index in [9.17, 15) is 18.7 Å². The summed E-state index contributed by atoms with van der Waals surface area (Å²) in [7, 11) is 0. The molecule has 2 aromatic carbocycles. The molecule has 0 aliphatic heterocycles. The van der Waals surface area contributed by atoms with Gasteiger partial charge < -0.3 is 20.8 Å². The van der Waals surface area contributed by atoms with Crippen LogP contribution >= 0.6 is 0 Å². The number of rotatable bonds is 7. The van der Waals surface area contributed by atoms with Gasteiger partial charge in [-0.2, -0.15) is 0 Å². The van der Waals surface area contributed by atoms with Crippen molar-refractivity contribution in [2.75, 3.05) is 18.5 Å². The zero-order valence-electron chi connectivity index (χ0n) is 17.4. The van der Waals surface area contributed by atoms with Crippen molar-refractivity contribution in [2.45, 2.75) is 25.0 Å². The van der Waals surface area contributed by atoms with Crippen molar-refractivity contribution >= 4 is 28.4 Å². The van der Waals surface area contributed by atoms with E-state index in [4.69, 9.17) is 5.11 Å². The number of nitrogens with zero attached hydrogens (tertiary/aromatic N) is 3. The van der Waals surface area contributed by atoms with E-state index in [1.54, 1.807) is 34.9 Å². The third-order valence-electron chi connectivity index (χ3n) is 5.54. The highest BCUT2D eigenvalue weighted by atomic mass is 19.2. The lowest BCUT2D eigenvalue weighted by Crippen LogP contribution is -2.25. The number of hydrogen-bond acceptors (Lipinski definition) is 6. The normalized spacial score (nSPS) is 14.5. The number of aliphatic hydroxyl groups excluding tert-OH is 2. The Labute approximate surface area is 186 Å². The Morgan fingerprint density at radius 3 is 2.61 bits per heavy atom. The Hall–Kier alpha value is -3.63. The van der Waals surface area contributed by atoms with Crippen molar-refractivity contribution in [3.63, 3.8) is 0 Å². The van der Waals surface area contributed by atoms with E-state index in [0.717, 1.165) is 25.0 Å². The number of carbonyl (C=O) groups is 1. The number of benzene rings is 2. The van der Waals surface area contributed by atoms with Gasteiger partial charge in [0.05, 0.1) is 35.6 Å². The lowest BCUT2D eigenvalue weighted by atomic mass is 10.1. The van der Waals surface area contributed by atoms with Crippen LogP contribution < -0.4 is 10.6 Å². The molecule has 1 aliphatic carbocycles. The molecule has 0 saturated heterocycles. The number of amides is 1. The van der Waals surface area contributed by atoms with Crippen LogP contribution in [0.15, 0.2) is 42.6 Å². The first kappa shape index (κ1) is 21.2. The van der Waals surface area contributed by atoms with Crippen LogP contribution in [0.1, 0.15) is 23.2 Å². The average molecular weight is 453 g/mol. The summed E-state index contributed by atoms with van der Waals surface area (Å²) < 4.78 is 29.7. The molecule has 170 valence electrons. The topological polar surface area (TPSA) is 112 Å². The second kappa shape index (κ2) is 8.38. The molecule has 1 atom stereocenters. The van der Waals surface area contributed by atoms with Crippen molar-refractivity contribution in [1.29, 1.82) is 0 Å². The minimum Gasteiger partial charge on any atom is -0.394 e. The number of halogens is 2. The van der Waals surface area contributed by atoms with E-state index < -0.39 is 24.3 Å². The number of imidazole rings is 1. The van der Waals surface area contributed by atoms with Gasteiger partial charge in [0.15, 0.2) is 23.1 Å². The Kier molecular flexibility index (Phi) is 5.39. The third-order valence-corrected chi connectivity index (χ3v) is 5.54. The van der Waals surface area contributed by atoms with Gasteiger partial charge in [0, 0.05) is 35.8 Å². The summed E-state index contributed by atoms with van der Waals surface area (Å²) in [5.74, 6) is -1.95. The molecule has 4 N–H and O–H groups in total. The first-order chi connectivity index (χ1) is 15.9. The first-order valence-corrected chi connectivity index (χ1v) is 10.5. The van der Waals surface area contributed by atoms with E-state index in [1.807, 2.05) is 0 Å². The predicted octanol–water partition coefficient (Wildman–Crippen LogP) is 2.49. The molecule has 5 rings (SSSR count). The number of hydrogen-bond donors (Lipinski definition) is 4. The molecule has 4 aromatic rings. The first-order valence-electron chi connectivity index (χ1n) is 10.5. The standard InChI is InChI=1S/C23H21F2N5O3/c24-16-7-18-19(8-17(16)25)30-20(10-27-22(30)21(29-18)26-9-15(32)11-31)12-1-3-13(4-2-12)23(33)28-14-5-6-14/h1-4,7-8,10,14-15,31-32H,5-6,9,11H2,(H,26,29)(H,28,33)/t15-/m1/s1. The molecule has 0 spiro atoms. The van der Waals surface area contributed by atoms with Crippen LogP contribution in [0.25, 0.3) is 27.9 Å². The summed E-state index contributed by atoms with van der Waals surface area (Å²) in [4.78, 5) is 21.0. The van der Waals surface area contributed by atoms with E-state index in [-0.39, 0.29) is 29.8 Å². The molecular formula is C23H21F2N5O3. The minimum absolute atomic E-state index is 0.0126. The van der Waals surface area contributed by atoms with Crippen molar-refractivity contribution in [3.8, 4) is 11.3 Å². The molecule has 10 heteroatoms. The van der Waals surface area contributed by atoms with Gasteiger partial charge in [0.1, 0.15) is 0 Å². The Balaban J connectivity index is 1.61. The zero-order chi connectivity index (χ0) is 23.1. The van der Waals surface area contributed by atoms with E-state index in [2.05, 4.69) is 20.6 Å². The van der Waals surface area contributed by atoms with Gasteiger partial charge >= 0.3 is 0 Å². The van der Waals surface area contributed by atoms with E-state index in [1.165, 1.54) is 0 Å². The lowest BCUT2D eigenvalue weighted by molar-refractivity contribution is 0.0951. The molecule has 0 bridgehead atoms. The van der Waals surface area contributed by atoms with Gasteiger partial charge in [-0.25, -0.2) is 18.7 Å². The largest absolute Gasteiger partial charge is 0.394 e. The summed E-state index contributed by atoms with van der Waals surface area (Å²) in [5.41, 5.74) is 2.65. The molecule has 33 heavy (non-hydrogen) atoms. The lowest BCUT2D eigenvalue weighted by Gasteiger charge is -2.13. The van der Waals surface area contributed by atoms with Crippen LogP contribution in [-0.2, 0) is 0 Å². The van der Waals surface area contributed by atoms with E-state index in [0.29, 0.717) is 28.0 Å². The molecule has 2 heterocycles. The van der Waals surface area contributed by atoms with Crippen LogP contribution in [0.2, 0.25) is 0 Å². The van der Waals surface area contributed by atoms with E-state index >= 15 is 0 Å². The maximum Gasteiger partial charge on any atom is 0.251 e. The highest BCUT2D eigenvalue weighted by molar-refractivity contribution is 5.95. The number of anilines is 1. The molecule has 0 unspecified atom stereocenters. The maximum absolute atomic E-state index is 14.1. The summed E-state index contributed by atoms with van der Waals surface area (Å²) in [6.07, 6.45) is 2.53. The summed E-state index contributed by atoms with van der Waals surface area (Å²) in [6, 6.07) is 9.23. The fourth-order valence-corrected chi connectivity index (χ4v) is 3.62. The quantitative estimate of drug-likeness (QED) is 0.342. The van der Waals surface area contributed by atoms with Crippen LogP contribution in [0.5, 0.6) is 0 Å². The smallest absolute Gasteiger partial charge is 0.251 e. The maximum atomic E-state index is 14.1. The summed E-state index contributed by atoms with van der Waals surface area (Å²) in [6.45, 7) is -0.460. The number of aromatic nitrogens is 3. The van der Waals surface area contributed by atoms with Crippen molar-refractivity contribution < 1.29 is 23.8 Å². The van der Waals surface area contributed by atoms with Crippen LogP contribution in [0, 0.1) is 11.6 Å². The van der Waals surface area contributed by atoms with Gasteiger partial charge in [0.25, 0.3) is 5.91 Å². The highest BCUT2D eigenvalue weighted by Crippen LogP contribution is 2.30. The number of fused-ring (bicyclic) bond motifs is 3. The molecule has 1 saturated carbocycles. The van der Waals surface area contributed by atoms with Crippen LogP contribution in [0.3, 0.4) is 0 Å². The molecule has 8 nitrogen and oxygen atoms in total. The zero-order valence-corrected chi connectivity index (χ0v) is 17.4. The van der Waals surface area contributed by atoms with Crippen LogP contribution in [0.4, 0.5) is 14.6 Å². The average Bonchev–Trinajstić information content (AvgIpc) is 3.52. The highest BCUT2D eigenvalue weighted by Gasteiger charge is 2.24. The molecule has 1 fully saturated rings. The Morgan fingerprint density at radius 1 is 1.18 bits per heavy atom. The third kappa shape index (κ3) is 4.10. The van der Waals surface area contributed by atoms with Gasteiger partial charge in [-0.05, 0) is 25.0 Å². The number of carbonyl (C=O) groups excluding carboxylic acids is 1. The molecule has 0 radical (unpaired) electrons.